The third-order valence-corrected chi connectivity index (χ3v) is 3.11. The van der Waals surface area contributed by atoms with Crippen LogP contribution in [0.3, 0.4) is 0 Å². The standard InChI is InChI=1S/C15H21NO5/c1-10-4-5-12(6-11(10)2)21-9-14(17)16-8-13(20-3)7-15(18)19/h4-6,13H,7-9H2,1-3H3,(H,16,17)(H,18,19). The number of benzene rings is 1. The molecule has 0 heterocycles. The lowest BCUT2D eigenvalue weighted by Crippen LogP contribution is -2.37. The number of carboxylic acids is 1. The van der Waals surface area contributed by atoms with Gasteiger partial charge >= 0.3 is 5.97 Å². The van der Waals surface area contributed by atoms with E-state index in [9.17, 15) is 9.59 Å². The number of carbonyl (C=O) groups excluding carboxylic acids is 1. The minimum absolute atomic E-state index is 0.119. The molecule has 1 amide bonds. The van der Waals surface area contributed by atoms with Crippen molar-refractivity contribution < 1.29 is 24.2 Å². The Morgan fingerprint density at radius 3 is 2.57 bits per heavy atom. The van der Waals surface area contributed by atoms with Gasteiger partial charge in [-0.1, -0.05) is 6.07 Å². The van der Waals surface area contributed by atoms with Gasteiger partial charge in [-0.3, -0.25) is 9.59 Å². The van der Waals surface area contributed by atoms with Gasteiger partial charge in [-0.15, -0.1) is 0 Å². The molecule has 6 nitrogen and oxygen atoms in total. The summed E-state index contributed by atoms with van der Waals surface area (Å²) in [5, 5.41) is 11.2. The van der Waals surface area contributed by atoms with Crippen LogP contribution in [0.1, 0.15) is 17.5 Å². The zero-order chi connectivity index (χ0) is 15.8. The van der Waals surface area contributed by atoms with E-state index in [0.29, 0.717) is 5.75 Å². The predicted octanol–water partition coefficient (Wildman–Crippen LogP) is 1.29. The summed E-state index contributed by atoms with van der Waals surface area (Å²) >= 11 is 0. The molecule has 116 valence electrons. The molecule has 0 aliphatic heterocycles. The van der Waals surface area contributed by atoms with Gasteiger partial charge in [0.2, 0.25) is 0 Å². The van der Waals surface area contributed by atoms with Crippen molar-refractivity contribution in [2.75, 3.05) is 20.3 Å². The number of rotatable bonds is 8. The first-order chi connectivity index (χ1) is 9.92. The van der Waals surface area contributed by atoms with Crippen molar-refractivity contribution in [3.63, 3.8) is 0 Å². The molecule has 0 bridgehead atoms. The van der Waals surface area contributed by atoms with Gasteiger partial charge in [0.05, 0.1) is 12.5 Å². The topological polar surface area (TPSA) is 84.9 Å². The number of hydrogen-bond donors (Lipinski definition) is 2. The van der Waals surface area contributed by atoms with Crippen LogP contribution in [0.5, 0.6) is 5.75 Å². The van der Waals surface area contributed by atoms with Crippen LogP contribution < -0.4 is 10.1 Å². The number of carboxylic acid groups (broad SMARTS) is 1. The summed E-state index contributed by atoms with van der Waals surface area (Å²) in [6.07, 6.45) is -0.706. The van der Waals surface area contributed by atoms with Crippen LogP contribution in [0.25, 0.3) is 0 Å². The number of amides is 1. The quantitative estimate of drug-likeness (QED) is 0.755. The largest absolute Gasteiger partial charge is 0.484 e. The molecule has 0 fully saturated rings. The predicted molar refractivity (Wildman–Crippen MR) is 77.5 cm³/mol. The maximum absolute atomic E-state index is 11.6. The highest BCUT2D eigenvalue weighted by Gasteiger charge is 2.13. The van der Waals surface area contributed by atoms with Crippen molar-refractivity contribution in [3.8, 4) is 5.75 Å². The fraction of sp³-hybridized carbons (Fsp3) is 0.467. The van der Waals surface area contributed by atoms with Gasteiger partial charge in [0.15, 0.2) is 6.61 Å². The monoisotopic (exact) mass is 295 g/mol. The minimum atomic E-state index is -0.970. The molecule has 0 aliphatic rings. The number of nitrogens with one attached hydrogen (secondary N) is 1. The van der Waals surface area contributed by atoms with Gasteiger partial charge in [0, 0.05) is 13.7 Å². The number of carbonyl (C=O) groups is 2. The maximum Gasteiger partial charge on any atom is 0.306 e. The zero-order valence-corrected chi connectivity index (χ0v) is 12.5. The molecule has 21 heavy (non-hydrogen) atoms. The third kappa shape index (κ3) is 6.27. The highest BCUT2D eigenvalue weighted by molar-refractivity contribution is 5.77. The molecule has 1 atom stereocenters. The van der Waals surface area contributed by atoms with Gasteiger partial charge in [0.25, 0.3) is 5.91 Å². The van der Waals surface area contributed by atoms with Gasteiger partial charge in [-0.2, -0.15) is 0 Å². The normalized spacial score (nSPS) is 11.8. The number of aliphatic carboxylic acids is 1. The number of hydrogen-bond acceptors (Lipinski definition) is 4. The van der Waals surface area contributed by atoms with Crippen LogP contribution in [0, 0.1) is 13.8 Å². The molecule has 2 N–H and O–H groups in total. The van der Waals surface area contributed by atoms with Crippen LogP contribution in [-0.4, -0.2) is 43.3 Å². The summed E-state index contributed by atoms with van der Waals surface area (Å²) in [6, 6.07) is 5.60. The Kier molecular flexibility index (Phi) is 6.68. The Labute approximate surface area is 124 Å². The Hall–Kier alpha value is -2.08. The molecule has 6 heteroatoms. The van der Waals surface area contributed by atoms with Crippen LogP contribution in [0.2, 0.25) is 0 Å². The fourth-order valence-corrected chi connectivity index (χ4v) is 1.66. The summed E-state index contributed by atoms with van der Waals surface area (Å²) < 4.78 is 10.3. The first kappa shape index (κ1) is 17.0. The molecule has 0 radical (unpaired) electrons. The number of aryl methyl sites for hydroxylation is 2. The van der Waals surface area contributed by atoms with Crippen molar-refractivity contribution in [1.29, 1.82) is 0 Å². The van der Waals surface area contributed by atoms with E-state index < -0.39 is 12.1 Å². The molecule has 0 aromatic heterocycles. The zero-order valence-electron chi connectivity index (χ0n) is 12.5. The van der Waals surface area contributed by atoms with Gasteiger partial charge in [-0.25, -0.2) is 0 Å². The minimum Gasteiger partial charge on any atom is -0.484 e. The summed E-state index contributed by atoms with van der Waals surface area (Å²) in [5.74, 6) is -0.662. The van der Waals surface area contributed by atoms with E-state index in [2.05, 4.69) is 5.32 Å². The molecular formula is C15H21NO5. The van der Waals surface area contributed by atoms with Crippen LogP contribution in [0.4, 0.5) is 0 Å². The van der Waals surface area contributed by atoms with Gasteiger partial charge < -0.3 is 19.9 Å². The average Bonchev–Trinajstić information content (AvgIpc) is 2.44. The smallest absolute Gasteiger partial charge is 0.306 e. The van der Waals surface area contributed by atoms with E-state index in [1.807, 2.05) is 26.0 Å². The molecule has 0 saturated heterocycles. The van der Waals surface area contributed by atoms with Crippen LogP contribution in [0.15, 0.2) is 18.2 Å². The molecule has 1 unspecified atom stereocenters. The lowest BCUT2D eigenvalue weighted by molar-refractivity contribution is -0.140. The Morgan fingerprint density at radius 1 is 1.29 bits per heavy atom. The fourth-order valence-electron chi connectivity index (χ4n) is 1.66. The second-order valence-electron chi connectivity index (χ2n) is 4.79. The maximum atomic E-state index is 11.6. The Bertz CT molecular complexity index is 501. The van der Waals surface area contributed by atoms with E-state index >= 15 is 0 Å². The van der Waals surface area contributed by atoms with E-state index in [-0.39, 0.29) is 25.5 Å². The van der Waals surface area contributed by atoms with Crippen molar-refractivity contribution >= 4 is 11.9 Å². The lowest BCUT2D eigenvalue weighted by atomic mass is 10.1. The molecule has 1 aromatic rings. The lowest BCUT2D eigenvalue weighted by Gasteiger charge is -2.14. The van der Waals surface area contributed by atoms with E-state index in [4.69, 9.17) is 14.6 Å². The molecule has 0 spiro atoms. The molecule has 1 rings (SSSR count). The Balaban J connectivity index is 2.36. The highest BCUT2D eigenvalue weighted by atomic mass is 16.5. The molecule has 1 aromatic carbocycles. The average molecular weight is 295 g/mol. The van der Waals surface area contributed by atoms with Crippen molar-refractivity contribution in [2.24, 2.45) is 0 Å². The van der Waals surface area contributed by atoms with Crippen LogP contribution in [-0.2, 0) is 14.3 Å². The second-order valence-corrected chi connectivity index (χ2v) is 4.79. The SMILES string of the molecule is COC(CNC(=O)COc1ccc(C)c(C)c1)CC(=O)O. The molecule has 0 aliphatic carbocycles. The van der Waals surface area contributed by atoms with E-state index in [1.54, 1.807) is 6.07 Å². The van der Waals surface area contributed by atoms with Gasteiger partial charge in [0.1, 0.15) is 5.75 Å². The number of ether oxygens (including phenoxy) is 2. The highest BCUT2D eigenvalue weighted by Crippen LogP contribution is 2.16. The summed E-state index contributed by atoms with van der Waals surface area (Å²) in [7, 11) is 1.41. The summed E-state index contributed by atoms with van der Waals surface area (Å²) in [4.78, 5) is 22.2. The van der Waals surface area contributed by atoms with E-state index in [1.165, 1.54) is 7.11 Å². The van der Waals surface area contributed by atoms with Crippen molar-refractivity contribution in [2.45, 2.75) is 26.4 Å². The summed E-state index contributed by atoms with van der Waals surface area (Å²) in [6.45, 7) is 3.99. The Morgan fingerprint density at radius 2 is 2.00 bits per heavy atom. The van der Waals surface area contributed by atoms with Crippen molar-refractivity contribution in [3.05, 3.63) is 29.3 Å². The summed E-state index contributed by atoms with van der Waals surface area (Å²) in [5.41, 5.74) is 2.25. The number of methoxy groups -OCH3 is 1. The first-order valence-corrected chi connectivity index (χ1v) is 6.63. The van der Waals surface area contributed by atoms with Crippen molar-refractivity contribution in [1.82, 2.24) is 5.32 Å². The van der Waals surface area contributed by atoms with E-state index in [0.717, 1.165) is 11.1 Å². The third-order valence-electron chi connectivity index (χ3n) is 3.11. The van der Waals surface area contributed by atoms with Gasteiger partial charge in [-0.05, 0) is 37.1 Å². The van der Waals surface area contributed by atoms with Crippen LogP contribution >= 0.6 is 0 Å². The first-order valence-electron chi connectivity index (χ1n) is 6.63. The second kappa shape index (κ2) is 8.26. The molecular weight excluding hydrogens is 274 g/mol. The molecule has 0 saturated carbocycles.